The Morgan fingerprint density at radius 3 is 2.31 bits per heavy atom. The van der Waals surface area contributed by atoms with Gasteiger partial charge in [0.1, 0.15) is 29.9 Å². The molecule has 11 nitrogen and oxygen atoms in total. The number of amides is 2. The molecule has 1 aliphatic rings. The van der Waals surface area contributed by atoms with Crippen LogP contribution in [-0.2, 0) is 9.53 Å². The average molecular weight is 549 g/mol. The van der Waals surface area contributed by atoms with Gasteiger partial charge >= 0.3 is 5.97 Å². The van der Waals surface area contributed by atoms with Gasteiger partial charge in [0.2, 0.25) is 0 Å². The quantitative estimate of drug-likeness (QED) is 0.424. The summed E-state index contributed by atoms with van der Waals surface area (Å²) in [7, 11) is 0. The highest BCUT2D eigenvalue weighted by Crippen LogP contribution is 2.17. The molecule has 2 aromatic rings. The van der Waals surface area contributed by atoms with Crippen LogP contribution in [0, 0.1) is 5.82 Å². The lowest BCUT2D eigenvalue weighted by atomic mass is 10.1. The molecule has 1 aliphatic heterocycles. The van der Waals surface area contributed by atoms with Gasteiger partial charge in [0.15, 0.2) is 6.61 Å². The van der Waals surface area contributed by atoms with Gasteiger partial charge in [-0.3, -0.25) is 9.59 Å². The second-order valence-corrected chi connectivity index (χ2v) is 9.17. The van der Waals surface area contributed by atoms with Crippen LogP contribution in [0.1, 0.15) is 33.6 Å². The van der Waals surface area contributed by atoms with Crippen molar-refractivity contribution in [3.05, 3.63) is 65.5 Å². The standard InChI is InChI=1S/C27H33FN2O9/c28-20-8-6-18(7-9-20)26(36)30-12-11-29(10-1-2-13-38-16-23(32)25(35)22(31)15-30)27(37)19-4-3-5-21(14-19)39-17-24(33)34/h3-9,14,22-23,25,31-32,35H,1-2,10-13,15-17H2,(H,33,34)/t22-,23+,25+/m0/s1. The van der Waals surface area contributed by atoms with Gasteiger partial charge in [0, 0.05) is 43.9 Å². The van der Waals surface area contributed by atoms with Gasteiger partial charge in [-0.05, 0) is 55.3 Å². The first kappa shape index (κ1) is 30.0. The molecule has 0 saturated carbocycles. The number of nitrogens with zero attached hydrogens (tertiary/aromatic N) is 2. The molecule has 4 N–H and O–H groups in total. The zero-order chi connectivity index (χ0) is 28.4. The molecule has 2 aromatic carbocycles. The smallest absolute Gasteiger partial charge is 0.341 e. The third-order valence-electron chi connectivity index (χ3n) is 6.20. The van der Waals surface area contributed by atoms with Gasteiger partial charge in [-0.1, -0.05) is 6.07 Å². The van der Waals surface area contributed by atoms with Crippen LogP contribution in [0.15, 0.2) is 48.5 Å². The van der Waals surface area contributed by atoms with Crippen molar-refractivity contribution < 1.29 is 48.7 Å². The van der Waals surface area contributed by atoms with E-state index in [9.17, 15) is 34.1 Å². The first-order chi connectivity index (χ1) is 18.7. The lowest BCUT2D eigenvalue weighted by Gasteiger charge is -2.32. The second-order valence-electron chi connectivity index (χ2n) is 9.17. The van der Waals surface area contributed by atoms with Crippen molar-refractivity contribution in [3.8, 4) is 5.75 Å². The highest BCUT2D eigenvalue weighted by Gasteiger charge is 2.30. The number of carboxylic acids is 1. The second kappa shape index (κ2) is 14.5. The van der Waals surface area contributed by atoms with Crippen LogP contribution in [0.25, 0.3) is 0 Å². The van der Waals surface area contributed by atoms with Crippen molar-refractivity contribution in [3.63, 3.8) is 0 Å². The van der Waals surface area contributed by atoms with Gasteiger partial charge in [0.05, 0.1) is 6.61 Å². The maximum atomic E-state index is 13.4. The Bertz CT molecular complexity index is 1110. The monoisotopic (exact) mass is 548 g/mol. The molecular formula is C27H33FN2O9. The number of aliphatic hydroxyl groups is 3. The Kier molecular flexibility index (Phi) is 11.2. The van der Waals surface area contributed by atoms with Crippen LogP contribution in [0.2, 0.25) is 0 Å². The molecule has 0 unspecified atom stereocenters. The number of aliphatic carboxylic acids is 1. The summed E-state index contributed by atoms with van der Waals surface area (Å²) in [4.78, 5) is 40.3. The molecule has 0 aliphatic carbocycles. The van der Waals surface area contributed by atoms with Crippen LogP contribution >= 0.6 is 0 Å². The molecule has 1 fully saturated rings. The molecule has 212 valence electrons. The summed E-state index contributed by atoms with van der Waals surface area (Å²) in [5.41, 5.74) is 0.398. The van der Waals surface area contributed by atoms with Crippen molar-refractivity contribution in [2.24, 2.45) is 0 Å². The minimum absolute atomic E-state index is 0.0342. The van der Waals surface area contributed by atoms with Crippen LogP contribution in [0.5, 0.6) is 5.75 Å². The Hall–Kier alpha value is -3.58. The fourth-order valence-corrected chi connectivity index (χ4v) is 4.05. The lowest BCUT2D eigenvalue weighted by molar-refractivity contribution is -0.139. The predicted molar refractivity (Wildman–Crippen MR) is 136 cm³/mol. The molecule has 0 aromatic heterocycles. The van der Waals surface area contributed by atoms with Crippen molar-refractivity contribution in [2.45, 2.75) is 31.2 Å². The number of rotatable bonds is 5. The van der Waals surface area contributed by atoms with Crippen LogP contribution in [0.4, 0.5) is 4.39 Å². The first-order valence-corrected chi connectivity index (χ1v) is 12.6. The molecular weight excluding hydrogens is 515 g/mol. The number of hydrogen-bond donors (Lipinski definition) is 4. The fraction of sp³-hybridized carbons (Fsp3) is 0.444. The van der Waals surface area contributed by atoms with Crippen LogP contribution < -0.4 is 4.74 Å². The van der Waals surface area contributed by atoms with Gasteiger partial charge in [0.25, 0.3) is 11.8 Å². The lowest BCUT2D eigenvalue weighted by Crippen LogP contribution is -2.50. The normalized spacial score (nSPS) is 21.6. The number of β-amino-alcohol motifs (C(OH)–C–C–N with tert-alkyl or cyclic N) is 1. The highest BCUT2D eigenvalue weighted by molar-refractivity contribution is 5.95. The van der Waals surface area contributed by atoms with Gasteiger partial charge in [-0.2, -0.15) is 0 Å². The molecule has 0 bridgehead atoms. The number of hydrogen-bond acceptors (Lipinski definition) is 8. The number of halogens is 1. The van der Waals surface area contributed by atoms with Crippen LogP contribution in [-0.4, -0.2) is 112 Å². The fourth-order valence-electron chi connectivity index (χ4n) is 4.05. The Balaban J connectivity index is 1.84. The Labute approximate surface area is 225 Å². The molecule has 12 heteroatoms. The van der Waals surface area contributed by atoms with Crippen LogP contribution in [0.3, 0.4) is 0 Å². The third-order valence-corrected chi connectivity index (χ3v) is 6.20. The summed E-state index contributed by atoms with van der Waals surface area (Å²) < 4.78 is 24.0. The minimum atomic E-state index is -1.59. The first-order valence-electron chi connectivity index (χ1n) is 12.6. The molecule has 2 amide bonds. The van der Waals surface area contributed by atoms with E-state index in [-0.39, 0.29) is 55.6 Å². The van der Waals surface area contributed by atoms with E-state index in [0.29, 0.717) is 19.4 Å². The number of carbonyl (C=O) groups is 3. The topological polar surface area (TPSA) is 157 Å². The Morgan fingerprint density at radius 1 is 0.897 bits per heavy atom. The van der Waals surface area contributed by atoms with E-state index in [0.717, 1.165) is 12.1 Å². The molecule has 39 heavy (non-hydrogen) atoms. The van der Waals surface area contributed by atoms with E-state index in [4.69, 9.17) is 14.6 Å². The zero-order valence-electron chi connectivity index (χ0n) is 21.3. The summed E-state index contributed by atoms with van der Waals surface area (Å²) >= 11 is 0. The third kappa shape index (κ3) is 8.99. The van der Waals surface area contributed by atoms with E-state index in [1.165, 1.54) is 34.1 Å². The van der Waals surface area contributed by atoms with Crippen molar-refractivity contribution in [2.75, 3.05) is 46.0 Å². The van der Waals surface area contributed by atoms with E-state index in [1.54, 1.807) is 12.1 Å². The average Bonchev–Trinajstić information content (AvgIpc) is 2.93. The number of benzene rings is 2. The van der Waals surface area contributed by atoms with E-state index < -0.39 is 42.6 Å². The number of carboxylic acid groups (broad SMARTS) is 1. The molecule has 3 rings (SSSR count). The SMILES string of the molecule is O=C(O)COc1cccc(C(=O)N2CCCCOC[C@@H](O)[C@H](O)[C@@H](O)CN(C(=O)c3ccc(F)cc3)CC2)c1. The summed E-state index contributed by atoms with van der Waals surface area (Å²) in [5, 5.41) is 40.0. The summed E-state index contributed by atoms with van der Waals surface area (Å²) in [5.74, 6) is -2.42. The molecule has 0 spiro atoms. The van der Waals surface area contributed by atoms with Crippen molar-refractivity contribution in [1.82, 2.24) is 9.80 Å². The van der Waals surface area contributed by atoms with E-state index in [1.807, 2.05) is 0 Å². The number of ether oxygens (including phenoxy) is 2. The van der Waals surface area contributed by atoms with Gasteiger partial charge in [-0.15, -0.1) is 0 Å². The van der Waals surface area contributed by atoms with Gasteiger partial charge < -0.3 is 39.7 Å². The number of aliphatic hydroxyl groups excluding tert-OH is 3. The highest BCUT2D eigenvalue weighted by atomic mass is 19.1. The van der Waals surface area contributed by atoms with E-state index in [2.05, 4.69) is 0 Å². The molecule has 1 saturated heterocycles. The maximum absolute atomic E-state index is 13.4. The zero-order valence-corrected chi connectivity index (χ0v) is 21.3. The Morgan fingerprint density at radius 2 is 1.59 bits per heavy atom. The van der Waals surface area contributed by atoms with Gasteiger partial charge in [-0.25, -0.2) is 9.18 Å². The summed E-state index contributed by atoms with van der Waals surface area (Å²) in [6.45, 7) is -0.578. The van der Waals surface area contributed by atoms with Crippen molar-refractivity contribution >= 4 is 17.8 Å². The van der Waals surface area contributed by atoms with E-state index >= 15 is 0 Å². The minimum Gasteiger partial charge on any atom is -0.482 e. The largest absolute Gasteiger partial charge is 0.482 e. The maximum Gasteiger partial charge on any atom is 0.341 e. The molecule has 0 radical (unpaired) electrons. The summed E-state index contributed by atoms with van der Waals surface area (Å²) in [6, 6.07) is 10.9. The predicted octanol–water partition coefficient (Wildman–Crippen LogP) is 0.767. The molecule has 1 heterocycles. The molecule has 3 atom stereocenters. The number of carbonyl (C=O) groups excluding carboxylic acids is 2. The summed E-state index contributed by atoms with van der Waals surface area (Å²) in [6.07, 6.45) is -3.42. The van der Waals surface area contributed by atoms with Crippen molar-refractivity contribution in [1.29, 1.82) is 0 Å².